The number of aromatic hydroxyl groups is 1. The Morgan fingerprint density at radius 2 is 2.05 bits per heavy atom. The molecule has 1 aromatic carbocycles. The van der Waals surface area contributed by atoms with Crippen molar-refractivity contribution in [2.75, 3.05) is 6.54 Å². The van der Waals surface area contributed by atoms with Crippen molar-refractivity contribution < 1.29 is 5.11 Å². The summed E-state index contributed by atoms with van der Waals surface area (Å²) in [5.41, 5.74) is 8.42. The molecule has 1 rings (SSSR count). The number of nitrogens with two attached hydrogens (primary N) is 1. The van der Waals surface area contributed by atoms with Crippen LogP contribution in [0, 0.1) is 0 Å². The molecule has 0 radical (unpaired) electrons. The minimum atomic E-state index is 0.275. The fraction of sp³-hybridized carbons (Fsp3) is 0.294. The molecule has 1 aromatic rings. The molecule has 0 spiro atoms. The number of phenolic OH excluding ortho intramolecular Hbond substituents is 1. The van der Waals surface area contributed by atoms with Crippen LogP contribution in [0.5, 0.6) is 5.75 Å². The van der Waals surface area contributed by atoms with E-state index in [9.17, 15) is 5.11 Å². The predicted octanol–water partition coefficient (Wildman–Crippen LogP) is 4.07. The monoisotopic (exact) mass is 259 g/mol. The molecule has 0 fully saturated rings. The van der Waals surface area contributed by atoms with Crippen LogP contribution in [0.1, 0.15) is 31.9 Å². The second-order valence-corrected chi connectivity index (χ2v) is 3.75. The molecule has 2 nitrogen and oxygen atoms in total. The smallest absolute Gasteiger partial charge is 0.123 e. The molecule has 19 heavy (non-hydrogen) atoms. The van der Waals surface area contributed by atoms with Crippen molar-refractivity contribution in [3.05, 3.63) is 60.2 Å². The molecule has 104 valence electrons. The van der Waals surface area contributed by atoms with E-state index in [0.29, 0.717) is 6.54 Å². The second-order valence-electron chi connectivity index (χ2n) is 3.75. The van der Waals surface area contributed by atoms with Crippen LogP contribution >= 0.6 is 0 Å². The third-order valence-electron chi connectivity index (χ3n) is 2.45. The lowest BCUT2D eigenvalue weighted by Crippen LogP contribution is -2.02. The highest BCUT2D eigenvalue weighted by Gasteiger charge is 2.05. The van der Waals surface area contributed by atoms with Gasteiger partial charge >= 0.3 is 0 Å². The molecule has 0 aliphatic rings. The maximum absolute atomic E-state index is 9.89. The molecule has 0 aliphatic carbocycles. The minimum absolute atomic E-state index is 0.275. The quantitative estimate of drug-likeness (QED) is 0.783. The van der Waals surface area contributed by atoms with Gasteiger partial charge in [-0.2, -0.15) is 0 Å². The van der Waals surface area contributed by atoms with E-state index in [1.54, 1.807) is 12.1 Å². The van der Waals surface area contributed by atoms with Crippen LogP contribution in [0.4, 0.5) is 0 Å². The average molecular weight is 259 g/mol. The van der Waals surface area contributed by atoms with Gasteiger partial charge < -0.3 is 10.8 Å². The van der Waals surface area contributed by atoms with Crippen molar-refractivity contribution in [3.63, 3.8) is 0 Å². The van der Waals surface area contributed by atoms with E-state index in [4.69, 9.17) is 5.73 Å². The van der Waals surface area contributed by atoms with Crippen molar-refractivity contribution >= 4 is 5.57 Å². The van der Waals surface area contributed by atoms with Gasteiger partial charge in [0.1, 0.15) is 5.75 Å². The van der Waals surface area contributed by atoms with Gasteiger partial charge in [0.05, 0.1) is 0 Å². The van der Waals surface area contributed by atoms with Crippen molar-refractivity contribution in [1.29, 1.82) is 0 Å². The Bertz CT molecular complexity index is 445. The van der Waals surface area contributed by atoms with Gasteiger partial charge in [-0.25, -0.2) is 0 Å². The Hall–Kier alpha value is -1.80. The maximum Gasteiger partial charge on any atom is 0.123 e. The van der Waals surface area contributed by atoms with Gasteiger partial charge in [0.15, 0.2) is 0 Å². The van der Waals surface area contributed by atoms with E-state index in [0.717, 1.165) is 23.1 Å². The van der Waals surface area contributed by atoms with Crippen LogP contribution < -0.4 is 5.73 Å². The molecule has 0 heterocycles. The summed E-state index contributed by atoms with van der Waals surface area (Å²) in [6.07, 6.45) is 8.28. The molecule has 0 atom stereocenters. The van der Waals surface area contributed by atoms with E-state index >= 15 is 0 Å². The number of benzene rings is 1. The first-order chi connectivity index (χ1) is 9.22. The topological polar surface area (TPSA) is 46.2 Å². The molecule has 0 aromatic heterocycles. The summed E-state index contributed by atoms with van der Waals surface area (Å²) in [5.74, 6) is 0.275. The van der Waals surface area contributed by atoms with E-state index in [-0.39, 0.29) is 5.75 Å². The lowest BCUT2D eigenvalue weighted by Gasteiger charge is -2.08. The number of phenols is 1. The summed E-state index contributed by atoms with van der Waals surface area (Å²) >= 11 is 0. The fourth-order valence-corrected chi connectivity index (χ4v) is 1.68. The molecule has 2 heteroatoms. The zero-order chi connectivity index (χ0) is 14.7. The van der Waals surface area contributed by atoms with Gasteiger partial charge in [0.25, 0.3) is 0 Å². The van der Waals surface area contributed by atoms with E-state index in [2.05, 4.69) is 6.58 Å². The Morgan fingerprint density at radius 1 is 1.37 bits per heavy atom. The third kappa shape index (κ3) is 5.58. The Labute approximate surface area is 117 Å². The largest absolute Gasteiger partial charge is 0.507 e. The van der Waals surface area contributed by atoms with E-state index in [1.807, 2.05) is 51.1 Å². The van der Waals surface area contributed by atoms with Gasteiger partial charge in [-0.05, 0) is 43.2 Å². The highest BCUT2D eigenvalue weighted by atomic mass is 16.3. The van der Waals surface area contributed by atoms with Gasteiger partial charge in [-0.1, -0.05) is 50.8 Å². The first-order valence-electron chi connectivity index (χ1n) is 6.70. The number of hydrogen-bond acceptors (Lipinski definition) is 2. The minimum Gasteiger partial charge on any atom is -0.507 e. The third-order valence-corrected chi connectivity index (χ3v) is 2.45. The Kier molecular flexibility index (Phi) is 9.19. The fourth-order valence-electron chi connectivity index (χ4n) is 1.68. The molecule has 0 unspecified atom stereocenters. The van der Waals surface area contributed by atoms with Gasteiger partial charge in [-0.3, -0.25) is 0 Å². The first kappa shape index (κ1) is 17.2. The predicted molar refractivity (Wildman–Crippen MR) is 85.2 cm³/mol. The van der Waals surface area contributed by atoms with Crippen molar-refractivity contribution in [2.45, 2.75) is 27.2 Å². The van der Waals surface area contributed by atoms with Gasteiger partial charge in [-0.15, -0.1) is 0 Å². The van der Waals surface area contributed by atoms with Crippen molar-refractivity contribution in [2.24, 2.45) is 5.73 Å². The molecule has 0 bridgehead atoms. The summed E-state index contributed by atoms with van der Waals surface area (Å²) in [5, 5.41) is 9.89. The summed E-state index contributed by atoms with van der Waals surface area (Å²) in [6, 6.07) is 5.57. The summed E-state index contributed by atoms with van der Waals surface area (Å²) in [6.45, 7) is 10.2. The summed E-state index contributed by atoms with van der Waals surface area (Å²) in [7, 11) is 0. The number of allylic oxidation sites excluding steroid dienone is 5. The second kappa shape index (κ2) is 10.2. The van der Waals surface area contributed by atoms with Crippen LogP contribution in [0.15, 0.2) is 49.1 Å². The summed E-state index contributed by atoms with van der Waals surface area (Å²) < 4.78 is 0. The lowest BCUT2D eigenvalue weighted by molar-refractivity contribution is 0.473. The highest BCUT2D eigenvalue weighted by molar-refractivity contribution is 5.78. The molecule has 0 amide bonds. The van der Waals surface area contributed by atoms with Crippen molar-refractivity contribution in [1.82, 2.24) is 0 Å². The zero-order valence-corrected chi connectivity index (χ0v) is 12.2. The number of hydrogen-bond donors (Lipinski definition) is 2. The normalized spacial score (nSPS) is 11.1. The lowest BCUT2D eigenvalue weighted by atomic mass is 10.00. The molecule has 0 saturated heterocycles. The van der Waals surface area contributed by atoms with E-state index < -0.39 is 0 Å². The molecular formula is C17H25NO. The standard InChI is InChI=1S/C15H19NO.C2H6/c1-3-5-13(6-4-2)14-11-12(9-10-16)7-8-15(14)17;1-2/h3-8,11,17H,1,9-10,16H2,2H3;1-2H3/b6-4-,13-5+;. The SMILES string of the molecule is C=C/C=C(\C=C/C)c1cc(CCN)ccc1O.CC. The van der Waals surface area contributed by atoms with Crippen LogP contribution in [-0.2, 0) is 6.42 Å². The van der Waals surface area contributed by atoms with Crippen LogP contribution in [0.3, 0.4) is 0 Å². The Balaban J connectivity index is 0.00000154. The zero-order valence-electron chi connectivity index (χ0n) is 12.2. The Morgan fingerprint density at radius 3 is 2.58 bits per heavy atom. The van der Waals surface area contributed by atoms with Gasteiger partial charge in [0, 0.05) is 5.56 Å². The van der Waals surface area contributed by atoms with Crippen LogP contribution in [0.2, 0.25) is 0 Å². The van der Waals surface area contributed by atoms with Crippen molar-refractivity contribution in [3.8, 4) is 5.75 Å². The first-order valence-corrected chi connectivity index (χ1v) is 6.70. The van der Waals surface area contributed by atoms with Crippen LogP contribution in [-0.4, -0.2) is 11.7 Å². The van der Waals surface area contributed by atoms with Gasteiger partial charge in [0.2, 0.25) is 0 Å². The van der Waals surface area contributed by atoms with Crippen LogP contribution in [0.25, 0.3) is 5.57 Å². The molecular weight excluding hydrogens is 234 g/mol. The molecule has 3 N–H and O–H groups in total. The highest BCUT2D eigenvalue weighted by Crippen LogP contribution is 2.27. The van der Waals surface area contributed by atoms with E-state index in [1.165, 1.54) is 0 Å². The molecule has 0 aliphatic heterocycles. The maximum atomic E-state index is 9.89. The summed E-state index contributed by atoms with van der Waals surface area (Å²) in [4.78, 5) is 0. The molecule has 0 saturated carbocycles. The average Bonchev–Trinajstić information content (AvgIpc) is 2.43. The number of rotatable bonds is 5.